The molecule has 21 heavy (non-hydrogen) atoms. The van der Waals surface area contributed by atoms with Crippen molar-refractivity contribution in [2.24, 2.45) is 10.9 Å². The molecule has 1 aliphatic rings. The van der Waals surface area contributed by atoms with E-state index in [1.54, 1.807) is 6.92 Å². The van der Waals surface area contributed by atoms with Gasteiger partial charge in [0.05, 0.1) is 16.4 Å². The number of amides is 2. The topological polar surface area (TPSA) is 67.8 Å². The Balaban J connectivity index is 2.38. The highest BCUT2D eigenvalue weighted by molar-refractivity contribution is 9.11. The fourth-order valence-electron chi connectivity index (χ4n) is 2.34. The van der Waals surface area contributed by atoms with E-state index in [0.29, 0.717) is 18.7 Å². The predicted octanol–water partition coefficient (Wildman–Crippen LogP) is 3.70. The Morgan fingerprint density at radius 2 is 2.24 bits per heavy atom. The lowest BCUT2D eigenvalue weighted by atomic mass is 9.89. The van der Waals surface area contributed by atoms with Gasteiger partial charge < -0.3 is 10.1 Å². The normalized spacial score (nSPS) is 21.7. The van der Waals surface area contributed by atoms with E-state index in [1.807, 2.05) is 19.1 Å². The van der Waals surface area contributed by atoms with Crippen molar-refractivity contribution in [2.45, 2.75) is 32.7 Å². The second-order valence-electron chi connectivity index (χ2n) is 4.65. The number of halogens is 1. The molecular weight excluding hydrogens is 356 g/mol. The smallest absolute Gasteiger partial charge is 0.341 e. The highest BCUT2D eigenvalue weighted by Gasteiger charge is 2.39. The lowest BCUT2D eigenvalue weighted by Crippen LogP contribution is -2.44. The molecule has 2 unspecified atom stereocenters. The van der Waals surface area contributed by atoms with Gasteiger partial charge in [0.1, 0.15) is 5.92 Å². The van der Waals surface area contributed by atoms with E-state index in [1.165, 1.54) is 11.3 Å². The van der Waals surface area contributed by atoms with Gasteiger partial charge in [-0.3, -0.25) is 4.79 Å². The van der Waals surface area contributed by atoms with Gasteiger partial charge in [0.2, 0.25) is 0 Å². The van der Waals surface area contributed by atoms with Crippen LogP contribution in [0.5, 0.6) is 0 Å². The summed E-state index contributed by atoms with van der Waals surface area (Å²) >= 11 is 4.90. The fraction of sp³-hybridized carbons (Fsp3) is 0.500. The molecule has 0 saturated carbocycles. The van der Waals surface area contributed by atoms with Crippen LogP contribution in [0.25, 0.3) is 0 Å². The van der Waals surface area contributed by atoms with E-state index < -0.39 is 18.0 Å². The minimum atomic E-state index is -0.548. The van der Waals surface area contributed by atoms with E-state index in [4.69, 9.17) is 4.74 Å². The minimum absolute atomic E-state index is 0.309. The fourth-order valence-corrected chi connectivity index (χ4v) is 3.86. The average Bonchev–Trinajstić information content (AvgIpc) is 2.85. The van der Waals surface area contributed by atoms with Gasteiger partial charge in [-0.1, -0.05) is 13.3 Å². The van der Waals surface area contributed by atoms with E-state index in [9.17, 15) is 9.59 Å². The number of urea groups is 1. The minimum Gasteiger partial charge on any atom is -0.465 e. The van der Waals surface area contributed by atoms with Gasteiger partial charge in [0.15, 0.2) is 0 Å². The number of thiophene rings is 1. The summed E-state index contributed by atoms with van der Waals surface area (Å²) < 4.78 is 6.13. The zero-order chi connectivity index (χ0) is 15.4. The number of ether oxygens (including phenoxy) is 1. The number of hydrogen-bond donors (Lipinski definition) is 1. The van der Waals surface area contributed by atoms with Crippen molar-refractivity contribution in [1.29, 1.82) is 0 Å². The third-order valence-corrected chi connectivity index (χ3v) is 4.87. The Morgan fingerprint density at radius 1 is 1.48 bits per heavy atom. The number of nitrogens with one attached hydrogen (secondary N) is 1. The Labute approximate surface area is 135 Å². The summed E-state index contributed by atoms with van der Waals surface area (Å²) in [6.07, 6.45) is 1.43. The Morgan fingerprint density at radius 3 is 2.81 bits per heavy atom. The van der Waals surface area contributed by atoms with Crippen molar-refractivity contribution >= 4 is 45.0 Å². The summed E-state index contributed by atoms with van der Waals surface area (Å²) in [5, 5.41) is 2.79. The molecule has 1 aromatic heterocycles. The quantitative estimate of drug-likeness (QED) is 0.801. The summed E-state index contributed by atoms with van der Waals surface area (Å²) in [5.74, 6) is -0.882. The second kappa shape index (κ2) is 7.17. The van der Waals surface area contributed by atoms with Gasteiger partial charge in [0, 0.05) is 10.6 Å². The zero-order valence-corrected chi connectivity index (χ0v) is 14.3. The number of rotatable bonds is 5. The highest BCUT2D eigenvalue weighted by atomic mass is 79.9. The number of carbonyl (C=O) groups excluding carboxylic acids is 2. The molecule has 1 aromatic rings. The number of nitrogens with zero attached hydrogens (tertiary/aromatic N) is 1. The van der Waals surface area contributed by atoms with Crippen molar-refractivity contribution < 1.29 is 14.3 Å². The van der Waals surface area contributed by atoms with Crippen LogP contribution in [0.1, 0.15) is 37.6 Å². The molecule has 0 radical (unpaired) electrons. The maximum absolute atomic E-state index is 12.3. The first kappa shape index (κ1) is 16.2. The molecule has 1 aliphatic heterocycles. The molecule has 2 amide bonds. The Bertz CT molecular complexity index is 570. The zero-order valence-electron chi connectivity index (χ0n) is 11.9. The van der Waals surface area contributed by atoms with Crippen LogP contribution in [0.4, 0.5) is 4.79 Å². The predicted molar refractivity (Wildman–Crippen MR) is 85.8 cm³/mol. The number of esters is 1. The SMILES string of the molecule is CCCC1=NC(=O)NC(c2ccc(Br)s2)C1C(=O)OCC. The molecule has 0 fully saturated rings. The molecule has 2 atom stereocenters. The highest BCUT2D eigenvalue weighted by Crippen LogP contribution is 2.35. The molecule has 1 N–H and O–H groups in total. The second-order valence-corrected chi connectivity index (χ2v) is 7.15. The first-order valence-electron chi connectivity index (χ1n) is 6.86. The van der Waals surface area contributed by atoms with Crippen molar-refractivity contribution in [3.8, 4) is 0 Å². The molecule has 2 rings (SSSR count). The van der Waals surface area contributed by atoms with Gasteiger partial charge in [0.25, 0.3) is 0 Å². The first-order chi connectivity index (χ1) is 10.1. The van der Waals surface area contributed by atoms with Crippen molar-refractivity contribution in [3.05, 3.63) is 20.8 Å². The van der Waals surface area contributed by atoms with Crippen molar-refractivity contribution in [1.82, 2.24) is 5.32 Å². The Hall–Kier alpha value is -1.21. The standard InChI is InChI=1S/C14H17BrN2O3S/c1-3-5-8-11(13(18)20-4-2)12(17-14(19)16-8)9-6-7-10(15)21-9/h6-7,11-12H,3-5H2,1-2H3,(H,17,19). The summed E-state index contributed by atoms with van der Waals surface area (Å²) in [6.45, 7) is 4.07. The van der Waals surface area contributed by atoms with Gasteiger partial charge >= 0.3 is 12.0 Å². The van der Waals surface area contributed by atoms with Gasteiger partial charge in [-0.05, 0) is 41.4 Å². The molecule has 0 saturated heterocycles. The van der Waals surface area contributed by atoms with Crippen LogP contribution in [0.15, 0.2) is 20.9 Å². The summed E-state index contributed by atoms with van der Waals surface area (Å²) in [7, 11) is 0. The molecule has 114 valence electrons. The number of hydrogen-bond acceptors (Lipinski definition) is 4. The average molecular weight is 373 g/mol. The number of aliphatic imine (C=N–C) groups is 1. The van der Waals surface area contributed by atoms with Gasteiger partial charge in [-0.15, -0.1) is 11.3 Å². The summed E-state index contributed by atoms with van der Waals surface area (Å²) in [4.78, 5) is 29.0. The van der Waals surface area contributed by atoms with E-state index in [-0.39, 0.29) is 5.97 Å². The van der Waals surface area contributed by atoms with Gasteiger partial charge in [-0.2, -0.15) is 0 Å². The van der Waals surface area contributed by atoms with Crippen molar-refractivity contribution in [3.63, 3.8) is 0 Å². The Kier molecular flexibility index (Phi) is 5.52. The maximum Gasteiger partial charge on any atom is 0.341 e. The lowest BCUT2D eigenvalue weighted by molar-refractivity contribution is -0.146. The molecule has 0 aliphatic carbocycles. The summed E-state index contributed by atoms with van der Waals surface area (Å²) in [6, 6.07) is 3.00. The van der Waals surface area contributed by atoms with Crippen LogP contribution in [-0.2, 0) is 9.53 Å². The molecule has 2 heterocycles. The van der Waals surface area contributed by atoms with Crippen molar-refractivity contribution in [2.75, 3.05) is 6.61 Å². The molecule has 0 bridgehead atoms. The number of carbonyl (C=O) groups is 2. The van der Waals surface area contributed by atoms with Crippen LogP contribution in [-0.4, -0.2) is 24.3 Å². The van der Waals surface area contributed by atoms with Crippen LogP contribution >= 0.6 is 27.3 Å². The molecule has 0 spiro atoms. The largest absolute Gasteiger partial charge is 0.465 e. The monoisotopic (exact) mass is 372 g/mol. The summed E-state index contributed by atoms with van der Waals surface area (Å²) in [5.41, 5.74) is 0.606. The molecule has 5 nitrogen and oxygen atoms in total. The third kappa shape index (κ3) is 3.71. The third-order valence-electron chi connectivity index (χ3n) is 3.16. The van der Waals surface area contributed by atoms with Crippen LogP contribution in [0.3, 0.4) is 0 Å². The van der Waals surface area contributed by atoms with E-state index in [0.717, 1.165) is 15.1 Å². The maximum atomic E-state index is 12.3. The van der Waals surface area contributed by atoms with Crippen LogP contribution in [0.2, 0.25) is 0 Å². The first-order valence-corrected chi connectivity index (χ1v) is 8.47. The van der Waals surface area contributed by atoms with Crippen LogP contribution in [0, 0.1) is 5.92 Å². The lowest BCUT2D eigenvalue weighted by Gasteiger charge is -2.29. The van der Waals surface area contributed by atoms with E-state index in [2.05, 4.69) is 26.2 Å². The molecule has 0 aromatic carbocycles. The van der Waals surface area contributed by atoms with E-state index >= 15 is 0 Å². The van der Waals surface area contributed by atoms with Gasteiger partial charge in [-0.25, -0.2) is 9.79 Å². The molecule has 7 heteroatoms. The van der Waals surface area contributed by atoms with Crippen LogP contribution < -0.4 is 5.32 Å². The molecular formula is C14H17BrN2O3S.